The average molecular weight is 379 g/mol. The SMILES string of the molecule is CSc1ccccc1NC(=O)C[NH+](C)[C@H](C)C(=O)N[C@H]1CCCC[C@@H]1C. The fourth-order valence-electron chi connectivity index (χ4n) is 3.41. The van der Waals surface area contributed by atoms with Gasteiger partial charge in [0, 0.05) is 10.9 Å². The van der Waals surface area contributed by atoms with Gasteiger partial charge in [-0.25, -0.2) is 0 Å². The van der Waals surface area contributed by atoms with Gasteiger partial charge in [0.2, 0.25) is 0 Å². The molecule has 26 heavy (non-hydrogen) atoms. The van der Waals surface area contributed by atoms with Crippen molar-refractivity contribution < 1.29 is 14.5 Å². The third-order valence-electron chi connectivity index (χ3n) is 5.39. The van der Waals surface area contributed by atoms with E-state index in [-0.39, 0.29) is 30.4 Å². The molecule has 144 valence electrons. The van der Waals surface area contributed by atoms with E-state index in [0.29, 0.717) is 5.92 Å². The van der Waals surface area contributed by atoms with E-state index in [1.807, 2.05) is 44.5 Å². The summed E-state index contributed by atoms with van der Waals surface area (Å²) in [6, 6.07) is 7.77. The van der Waals surface area contributed by atoms with Crippen LogP contribution in [0.5, 0.6) is 0 Å². The maximum absolute atomic E-state index is 12.6. The summed E-state index contributed by atoms with van der Waals surface area (Å²) in [5.74, 6) is 0.500. The monoisotopic (exact) mass is 378 g/mol. The molecule has 0 aromatic heterocycles. The van der Waals surface area contributed by atoms with Crippen molar-refractivity contribution in [1.82, 2.24) is 5.32 Å². The summed E-state index contributed by atoms with van der Waals surface area (Å²) < 4.78 is 0. The Hall–Kier alpha value is -1.53. The van der Waals surface area contributed by atoms with Gasteiger partial charge in [0.15, 0.2) is 12.6 Å². The van der Waals surface area contributed by atoms with E-state index in [2.05, 4.69) is 17.6 Å². The number of carbonyl (C=O) groups excluding carboxylic acids is 2. The highest BCUT2D eigenvalue weighted by Crippen LogP contribution is 2.24. The van der Waals surface area contributed by atoms with Crippen LogP contribution in [0.25, 0.3) is 0 Å². The van der Waals surface area contributed by atoms with Crippen molar-refractivity contribution in [3.05, 3.63) is 24.3 Å². The number of benzene rings is 1. The maximum atomic E-state index is 12.6. The van der Waals surface area contributed by atoms with Crippen molar-refractivity contribution in [1.29, 1.82) is 0 Å². The number of hydrogen-bond acceptors (Lipinski definition) is 3. The molecule has 0 saturated heterocycles. The first-order valence-corrected chi connectivity index (χ1v) is 10.7. The zero-order valence-electron chi connectivity index (χ0n) is 16.3. The van der Waals surface area contributed by atoms with E-state index >= 15 is 0 Å². The van der Waals surface area contributed by atoms with Gasteiger partial charge < -0.3 is 15.5 Å². The number of amides is 2. The summed E-state index contributed by atoms with van der Waals surface area (Å²) in [5.41, 5.74) is 0.825. The Kier molecular flexibility index (Phi) is 7.97. The van der Waals surface area contributed by atoms with Gasteiger partial charge in [0.05, 0.1) is 12.7 Å². The van der Waals surface area contributed by atoms with Crippen molar-refractivity contribution in [3.8, 4) is 0 Å². The predicted molar refractivity (Wildman–Crippen MR) is 108 cm³/mol. The maximum Gasteiger partial charge on any atom is 0.279 e. The van der Waals surface area contributed by atoms with Gasteiger partial charge in [-0.2, -0.15) is 0 Å². The minimum Gasteiger partial charge on any atom is -0.348 e. The molecule has 1 aliphatic carbocycles. The summed E-state index contributed by atoms with van der Waals surface area (Å²) >= 11 is 1.60. The van der Waals surface area contributed by atoms with Crippen molar-refractivity contribution >= 4 is 29.3 Å². The van der Waals surface area contributed by atoms with Gasteiger partial charge in [0.25, 0.3) is 11.8 Å². The summed E-state index contributed by atoms with van der Waals surface area (Å²) in [7, 11) is 1.90. The largest absolute Gasteiger partial charge is 0.348 e. The molecule has 0 radical (unpaired) electrons. The molecule has 6 heteroatoms. The first-order chi connectivity index (χ1) is 12.4. The molecular formula is C20H32N3O2S+. The molecule has 2 rings (SSSR count). The van der Waals surface area contributed by atoms with E-state index in [1.54, 1.807) is 11.8 Å². The van der Waals surface area contributed by atoms with Crippen LogP contribution in [0.2, 0.25) is 0 Å². The Bertz CT molecular complexity index is 623. The van der Waals surface area contributed by atoms with Crippen LogP contribution in [0.15, 0.2) is 29.2 Å². The van der Waals surface area contributed by atoms with E-state index in [9.17, 15) is 9.59 Å². The number of hydrogen-bond donors (Lipinski definition) is 3. The Balaban J connectivity index is 1.86. The standard InChI is InChI=1S/C20H31N3O2S/c1-14-9-5-6-10-16(14)22-20(25)15(2)23(3)13-19(24)21-17-11-7-8-12-18(17)26-4/h7-8,11-12,14-16H,5-6,9-10,13H2,1-4H3,(H,21,24)(H,22,25)/p+1/t14-,15+,16-/m0/s1. The fourth-order valence-corrected chi connectivity index (χ4v) is 3.96. The molecule has 0 spiro atoms. The van der Waals surface area contributed by atoms with Crippen LogP contribution in [-0.4, -0.2) is 43.7 Å². The second-order valence-electron chi connectivity index (χ2n) is 7.37. The second-order valence-corrected chi connectivity index (χ2v) is 8.22. The minimum atomic E-state index is -0.259. The smallest absolute Gasteiger partial charge is 0.279 e. The van der Waals surface area contributed by atoms with Crippen molar-refractivity contribution in [2.75, 3.05) is 25.2 Å². The number of nitrogens with one attached hydrogen (secondary N) is 3. The first-order valence-electron chi connectivity index (χ1n) is 9.48. The van der Waals surface area contributed by atoms with Crippen molar-refractivity contribution in [2.45, 2.75) is 56.5 Å². The lowest BCUT2D eigenvalue weighted by Gasteiger charge is -2.31. The van der Waals surface area contributed by atoms with Crippen molar-refractivity contribution in [2.24, 2.45) is 5.92 Å². The van der Waals surface area contributed by atoms with Gasteiger partial charge >= 0.3 is 0 Å². The van der Waals surface area contributed by atoms with Gasteiger partial charge in [-0.15, -0.1) is 11.8 Å². The van der Waals surface area contributed by atoms with Crippen LogP contribution in [0, 0.1) is 5.92 Å². The van der Waals surface area contributed by atoms with Crippen LogP contribution < -0.4 is 15.5 Å². The Morgan fingerprint density at radius 1 is 1.27 bits per heavy atom. The van der Waals surface area contributed by atoms with Crippen LogP contribution in [0.3, 0.4) is 0 Å². The van der Waals surface area contributed by atoms with Crippen LogP contribution in [0.1, 0.15) is 39.5 Å². The molecule has 0 heterocycles. The molecule has 1 aromatic rings. The number of anilines is 1. The highest BCUT2D eigenvalue weighted by Gasteiger charge is 2.29. The lowest BCUT2D eigenvalue weighted by atomic mass is 9.86. The Morgan fingerprint density at radius 2 is 1.96 bits per heavy atom. The minimum absolute atomic E-state index is 0.0403. The number of para-hydroxylation sites is 1. The summed E-state index contributed by atoms with van der Waals surface area (Å²) in [6.45, 7) is 4.36. The van der Waals surface area contributed by atoms with Crippen molar-refractivity contribution in [3.63, 3.8) is 0 Å². The third-order valence-corrected chi connectivity index (χ3v) is 6.19. The summed E-state index contributed by atoms with van der Waals surface area (Å²) in [5, 5.41) is 6.16. The van der Waals surface area contributed by atoms with Gasteiger partial charge in [0.1, 0.15) is 0 Å². The van der Waals surface area contributed by atoms with Gasteiger partial charge in [-0.1, -0.05) is 31.9 Å². The highest BCUT2D eigenvalue weighted by atomic mass is 32.2. The number of likely N-dealkylation sites (N-methyl/N-ethyl adjacent to an activating group) is 1. The molecule has 1 aliphatic rings. The normalized spacial score (nSPS) is 22.3. The topological polar surface area (TPSA) is 62.6 Å². The lowest BCUT2D eigenvalue weighted by Crippen LogP contribution is -3.15. The van der Waals surface area contributed by atoms with E-state index < -0.39 is 0 Å². The van der Waals surface area contributed by atoms with Crippen LogP contribution in [0.4, 0.5) is 5.69 Å². The van der Waals surface area contributed by atoms with Crippen LogP contribution in [-0.2, 0) is 9.59 Å². The van der Waals surface area contributed by atoms with E-state index in [0.717, 1.165) is 21.9 Å². The second kappa shape index (κ2) is 9.97. The number of carbonyl (C=O) groups is 2. The van der Waals surface area contributed by atoms with Gasteiger partial charge in [-0.05, 0) is 44.1 Å². The fraction of sp³-hybridized carbons (Fsp3) is 0.600. The Labute approximate surface area is 161 Å². The molecule has 1 aromatic carbocycles. The first kappa shape index (κ1) is 20.8. The lowest BCUT2D eigenvalue weighted by molar-refractivity contribution is -0.885. The van der Waals surface area contributed by atoms with E-state index in [4.69, 9.17) is 0 Å². The summed E-state index contributed by atoms with van der Waals surface area (Å²) in [6.07, 6.45) is 6.67. The molecule has 3 N–H and O–H groups in total. The van der Waals surface area contributed by atoms with Gasteiger partial charge in [-0.3, -0.25) is 9.59 Å². The predicted octanol–water partition coefficient (Wildman–Crippen LogP) is 1.95. The zero-order valence-corrected chi connectivity index (χ0v) is 17.1. The number of quaternary nitrogens is 1. The average Bonchev–Trinajstić information content (AvgIpc) is 2.63. The van der Waals surface area contributed by atoms with E-state index in [1.165, 1.54) is 19.3 Å². The highest BCUT2D eigenvalue weighted by molar-refractivity contribution is 7.98. The Morgan fingerprint density at radius 3 is 2.65 bits per heavy atom. The number of thioether (sulfide) groups is 1. The molecule has 0 aliphatic heterocycles. The molecule has 5 nitrogen and oxygen atoms in total. The van der Waals surface area contributed by atoms with Crippen LogP contribution >= 0.6 is 11.8 Å². The summed E-state index contributed by atoms with van der Waals surface area (Å²) in [4.78, 5) is 26.9. The quantitative estimate of drug-likeness (QED) is 0.636. The molecule has 1 unspecified atom stereocenters. The molecule has 0 bridgehead atoms. The number of rotatable bonds is 7. The molecular weight excluding hydrogens is 346 g/mol. The molecule has 1 saturated carbocycles. The molecule has 4 atom stereocenters. The zero-order chi connectivity index (χ0) is 19.1. The third kappa shape index (κ3) is 5.74. The molecule has 2 amide bonds. The molecule has 1 fully saturated rings.